The summed E-state index contributed by atoms with van der Waals surface area (Å²) in [6.07, 6.45) is 7.07. The van der Waals surface area contributed by atoms with Crippen LogP contribution < -0.4 is 5.32 Å². The zero-order valence-corrected chi connectivity index (χ0v) is 12.9. The normalized spacial score (nSPS) is 17.9. The summed E-state index contributed by atoms with van der Waals surface area (Å²) in [7, 11) is 0. The van der Waals surface area contributed by atoms with E-state index in [0.29, 0.717) is 36.1 Å². The minimum Gasteiger partial charge on any atom is -0.354 e. The number of aromatic amines is 1. The van der Waals surface area contributed by atoms with Crippen LogP contribution in [0.3, 0.4) is 0 Å². The minimum atomic E-state index is 0.114. The molecule has 0 bridgehead atoms. The molecule has 1 amide bonds. The van der Waals surface area contributed by atoms with Crippen LogP contribution in [0.1, 0.15) is 44.9 Å². The Labute approximate surface area is 124 Å². The number of rotatable bonds is 6. The SMILES string of the molecule is CC(C)c1n[nH]c(=S)n1CCNC(=O)CC1C=CCC1. The molecule has 1 atom stereocenters. The quantitative estimate of drug-likeness (QED) is 0.626. The molecule has 5 nitrogen and oxygen atoms in total. The number of nitrogens with one attached hydrogen (secondary N) is 2. The summed E-state index contributed by atoms with van der Waals surface area (Å²) < 4.78 is 2.57. The highest BCUT2D eigenvalue weighted by Crippen LogP contribution is 2.19. The molecular formula is C14H22N4OS. The van der Waals surface area contributed by atoms with Crippen molar-refractivity contribution >= 4 is 18.1 Å². The molecule has 1 aliphatic rings. The molecule has 0 radical (unpaired) electrons. The van der Waals surface area contributed by atoms with E-state index in [4.69, 9.17) is 12.2 Å². The van der Waals surface area contributed by atoms with Gasteiger partial charge in [-0.1, -0.05) is 26.0 Å². The average molecular weight is 294 g/mol. The van der Waals surface area contributed by atoms with Crippen molar-refractivity contribution in [3.8, 4) is 0 Å². The molecule has 6 heteroatoms. The largest absolute Gasteiger partial charge is 0.354 e. The number of carbonyl (C=O) groups is 1. The third-order valence-corrected chi connectivity index (χ3v) is 3.83. The van der Waals surface area contributed by atoms with Crippen molar-refractivity contribution in [3.63, 3.8) is 0 Å². The van der Waals surface area contributed by atoms with E-state index in [1.165, 1.54) is 0 Å². The molecule has 0 fully saturated rings. The van der Waals surface area contributed by atoms with Gasteiger partial charge in [0.2, 0.25) is 5.91 Å². The predicted molar refractivity (Wildman–Crippen MR) is 81.0 cm³/mol. The molecule has 0 saturated heterocycles. The summed E-state index contributed by atoms with van der Waals surface area (Å²) in [5, 5.41) is 9.99. The molecule has 0 saturated carbocycles. The standard InChI is InChI=1S/C14H22N4OS/c1-10(2)13-16-17-14(20)18(13)8-7-15-12(19)9-11-5-3-4-6-11/h3,5,10-11H,4,6-9H2,1-2H3,(H,15,19)(H,17,20). The Bertz CT molecular complexity index is 544. The van der Waals surface area contributed by atoms with Crippen molar-refractivity contribution < 1.29 is 4.79 Å². The van der Waals surface area contributed by atoms with Crippen molar-refractivity contribution in [1.82, 2.24) is 20.1 Å². The zero-order valence-electron chi connectivity index (χ0n) is 12.1. The summed E-state index contributed by atoms with van der Waals surface area (Å²) in [6.45, 7) is 5.40. The van der Waals surface area contributed by atoms with Crippen molar-refractivity contribution in [2.24, 2.45) is 5.92 Å². The van der Waals surface area contributed by atoms with Gasteiger partial charge in [-0.15, -0.1) is 0 Å². The van der Waals surface area contributed by atoms with Crippen LogP contribution in [0.15, 0.2) is 12.2 Å². The Hall–Kier alpha value is -1.43. The van der Waals surface area contributed by atoms with Crippen molar-refractivity contribution in [2.75, 3.05) is 6.54 Å². The lowest BCUT2D eigenvalue weighted by molar-refractivity contribution is -0.121. The Balaban J connectivity index is 1.80. The molecule has 2 rings (SSSR count). The van der Waals surface area contributed by atoms with E-state index in [9.17, 15) is 4.79 Å². The number of amides is 1. The van der Waals surface area contributed by atoms with Gasteiger partial charge in [-0.2, -0.15) is 5.10 Å². The Morgan fingerprint density at radius 1 is 1.65 bits per heavy atom. The van der Waals surface area contributed by atoms with Crippen LogP contribution in [-0.4, -0.2) is 27.2 Å². The van der Waals surface area contributed by atoms with Gasteiger partial charge < -0.3 is 9.88 Å². The topological polar surface area (TPSA) is 62.7 Å². The van der Waals surface area contributed by atoms with Gasteiger partial charge in [-0.3, -0.25) is 9.89 Å². The molecule has 1 aromatic rings. The van der Waals surface area contributed by atoms with Crippen LogP contribution >= 0.6 is 12.2 Å². The molecule has 110 valence electrons. The fraction of sp³-hybridized carbons (Fsp3) is 0.643. The number of aromatic nitrogens is 3. The first kappa shape index (κ1) is 15.0. The highest BCUT2D eigenvalue weighted by molar-refractivity contribution is 7.71. The zero-order chi connectivity index (χ0) is 14.5. The van der Waals surface area contributed by atoms with E-state index in [0.717, 1.165) is 18.7 Å². The van der Waals surface area contributed by atoms with Gasteiger partial charge >= 0.3 is 0 Å². The molecule has 1 heterocycles. The second-order valence-electron chi connectivity index (χ2n) is 5.51. The van der Waals surface area contributed by atoms with Gasteiger partial charge in [0.15, 0.2) is 4.77 Å². The molecule has 1 aromatic heterocycles. The molecule has 1 aliphatic carbocycles. The summed E-state index contributed by atoms with van der Waals surface area (Å²) in [6, 6.07) is 0. The van der Waals surface area contributed by atoms with Crippen LogP contribution in [0.4, 0.5) is 0 Å². The highest BCUT2D eigenvalue weighted by atomic mass is 32.1. The monoisotopic (exact) mass is 294 g/mol. The van der Waals surface area contributed by atoms with E-state index in [-0.39, 0.29) is 5.91 Å². The number of hydrogen-bond donors (Lipinski definition) is 2. The van der Waals surface area contributed by atoms with Crippen LogP contribution in [0.2, 0.25) is 0 Å². The van der Waals surface area contributed by atoms with Crippen LogP contribution in [0.5, 0.6) is 0 Å². The van der Waals surface area contributed by atoms with Crippen LogP contribution in [-0.2, 0) is 11.3 Å². The van der Waals surface area contributed by atoms with E-state index >= 15 is 0 Å². The third kappa shape index (κ3) is 3.79. The second kappa shape index (κ2) is 6.83. The Morgan fingerprint density at radius 3 is 3.10 bits per heavy atom. The number of carbonyl (C=O) groups excluding carboxylic acids is 1. The first-order chi connectivity index (χ1) is 9.58. The fourth-order valence-corrected chi connectivity index (χ4v) is 2.70. The maximum Gasteiger partial charge on any atom is 0.220 e. The van der Waals surface area contributed by atoms with Gasteiger partial charge in [0.05, 0.1) is 0 Å². The lowest BCUT2D eigenvalue weighted by atomic mass is 10.1. The first-order valence-corrected chi connectivity index (χ1v) is 7.57. The van der Waals surface area contributed by atoms with Gasteiger partial charge in [-0.25, -0.2) is 0 Å². The van der Waals surface area contributed by atoms with Gasteiger partial charge in [-0.05, 0) is 31.0 Å². The van der Waals surface area contributed by atoms with Crippen molar-refractivity contribution in [2.45, 2.75) is 45.6 Å². The Kier molecular flexibility index (Phi) is 5.11. The molecule has 0 aromatic carbocycles. The molecular weight excluding hydrogens is 272 g/mol. The molecule has 20 heavy (non-hydrogen) atoms. The van der Waals surface area contributed by atoms with Crippen molar-refractivity contribution in [1.29, 1.82) is 0 Å². The predicted octanol–water partition coefficient (Wildman–Crippen LogP) is 2.54. The number of hydrogen-bond acceptors (Lipinski definition) is 3. The lowest BCUT2D eigenvalue weighted by Gasteiger charge is -2.11. The summed E-state index contributed by atoms with van der Waals surface area (Å²) in [5.41, 5.74) is 0. The molecule has 2 N–H and O–H groups in total. The van der Waals surface area contributed by atoms with E-state index in [2.05, 4.69) is 41.5 Å². The number of nitrogens with zero attached hydrogens (tertiary/aromatic N) is 2. The average Bonchev–Trinajstić information content (AvgIpc) is 3.00. The maximum absolute atomic E-state index is 11.8. The van der Waals surface area contributed by atoms with E-state index in [1.807, 2.05) is 4.57 Å². The smallest absolute Gasteiger partial charge is 0.220 e. The van der Waals surface area contributed by atoms with E-state index in [1.54, 1.807) is 0 Å². The van der Waals surface area contributed by atoms with Gasteiger partial charge in [0.25, 0.3) is 0 Å². The maximum atomic E-state index is 11.8. The number of H-pyrrole nitrogens is 1. The fourth-order valence-electron chi connectivity index (χ4n) is 2.47. The van der Waals surface area contributed by atoms with Gasteiger partial charge in [0.1, 0.15) is 5.82 Å². The highest BCUT2D eigenvalue weighted by Gasteiger charge is 2.14. The Morgan fingerprint density at radius 2 is 2.45 bits per heavy atom. The van der Waals surface area contributed by atoms with Crippen molar-refractivity contribution in [3.05, 3.63) is 22.7 Å². The second-order valence-corrected chi connectivity index (χ2v) is 5.90. The molecule has 0 spiro atoms. The molecule has 1 unspecified atom stereocenters. The summed E-state index contributed by atoms with van der Waals surface area (Å²) in [5.74, 6) is 1.77. The third-order valence-electron chi connectivity index (χ3n) is 3.52. The minimum absolute atomic E-state index is 0.114. The van der Waals surface area contributed by atoms with Crippen LogP contribution in [0, 0.1) is 10.7 Å². The number of allylic oxidation sites excluding steroid dienone is 2. The van der Waals surface area contributed by atoms with Gasteiger partial charge in [0, 0.05) is 25.4 Å². The first-order valence-electron chi connectivity index (χ1n) is 7.16. The van der Waals surface area contributed by atoms with E-state index < -0.39 is 0 Å². The summed E-state index contributed by atoms with van der Waals surface area (Å²) in [4.78, 5) is 11.8. The lowest BCUT2D eigenvalue weighted by Crippen LogP contribution is -2.28. The summed E-state index contributed by atoms with van der Waals surface area (Å²) >= 11 is 5.21. The van der Waals surface area contributed by atoms with Crippen LogP contribution in [0.25, 0.3) is 0 Å². The molecule has 0 aliphatic heterocycles.